The van der Waals surface area contributed by atoms with E-state index in [1.54, 1.807) is 23.1 Å². The number of nitrogens with one attached hydrogen (secondary N) is 1. The van der Waals surface area contributed by atoms with Gasteiger partial charge in [0, 0.05) is 18.7 Å². The Hall–Kier alpha value is -1.86. The van der Waals surface area contributed by atoms with Crippen LogP contribution in [0.25, 0.3) is 6.08 Å². The van der Waals surface area contributed by atoms with E-state index in [9.17, 15) is 9.59 Å². The van der Waals surface area contributed by atoms with Crippen molar-refractivity contribution < 1.29 is 9.59 Å². The van der Waals surface area contributed by atoms with Crippen LogP contribution in [-0.4, -0.2) is 27.6 Å². The van der Waals surface area contributed by atoms with Gasteiger partial charge in [0.25, 0.3) is 5.91 Å². The fourth-order valence-electron chi connectivity index (χ4n) is 2.70. The zero-order chi connectivity index (χ0) is 21.0. The Bertz CT molecular complexity index is 991. The van der Waals surface area contributed by atoms with Crippen molar-refractivity contribution in [3.05, 3.63) is 68.5 Å². The molecule has 0 radical (unpaired) electrons. The van der Waals surface area contributed by atoms with Crippen LogP contribution in [0.4, 0.5) is 5.69 Å². The lowest BCUT2D eigenvalue weighted by Crippen LogP contribution is -2.29. The van der Waals surface area contributed by atoms with E-state index in [1.165, 1.54) is 11.8 Å². The maximum Gasteiger partial charge on any atom is 0.266 e. The summed E-state index contributed by atoms with van der Waals surface area (Å²) in [5.41, 5.74) is 2.70. The first-order chi connectivity index (χ1) is 13.8. The van der Waals surface area contributed by atoms with E-state index in [-0.39, 0.29) is 18.2 Å². The molecule has 0 spiro atoms. The largest absolute Gasteiger partial charge is 0.326 e. The molecular formula is C21H18Cl2N2O2S2. The quantitative estimate of drug-likeness (QED) is 0.425. The van der Waals surface area contributed by atoms with Crippen molar-refractivity contribution in [1.29, 1.82) is 0 Å². The number of thioether (sulfide) groups is 1. The van der Waals surface area contributed by atoms with Crippen LogP contribution in [0.5, 0.6) is 0 Å². The van der Waals surface area contributed by atoms with Crippen molar-refractivity contribution in [2.45, 2.75) is 19.8 Å². The molecule has 4 nitrogen and oxygen atoms in total. The highest BCUT2D eigenvalue weighted by atomic mass is 35.5. The van der Waals surface area contributed by atoms with Gasteiger partial charge < -0.3 is 5.32 Å². The normalized spacial score (nSPS) is 15.3. The van der Waals surface area contributed by atoms with Gasteiger partial charge in [0.15, 0.2) is 0 Å². The van der Waals surface area contributed by atoms with E-state index in [0.29, 0.717) is 37.9 Å². The number of thiocarbonyl (C=S) groups is 1. The second-order valence-electron chi connectivity index (χ2n) is 6.52. The van der Waals surface area contributed by atoms with Crippen molar-refractivity contribution in [1.82, 2.24) is 4.90 Å². The molecule has 1 aliphatic rings. The molecule has 0 unspecified atom stereocenters. The summed E-state index contributed by atoms with van der Waals surface area (Å²) in [5, 5.41) is 3.57. The Labute approximate surface area is 189 Å². The van der Waals surface area contributed by atoms with Crippen LogP contribution in [0, 0.1) is 6.92 Å². The highest BCUT2D eigenvalue weighted by Gasteiger charge is 2.31. The van der Waals surface area contributed by atoms with E-state index in [4.69, 9.17) is 35.4 Å². The van der Waals surface area contributed by atoms with Gasteiger partial charge in [0.1, 0.15) is 4.32 Å². The van der Waals surface area contributed by atoms with Gasteiger partial charge in [0.2, 0.25) is 5.91 Å². The second kappa shape index (κ2) is 9.76. The van der Waals surface area contributed by atoms with Gasteiger partial charge in [-0.15, -0.1) is 0 Å². The Morgan fingerprint density at radius 2 is 1.90 bits per heavy atom. The fourth-order valence-corrected chi connectivity index (χ4v) is 4.31. The maximum atomic E-state index is 12.6. The van der Waals surface area contributed by atoms with Crippen LogP contribution in [-0.2, 0) is 9.59 Å². The van der Waals surface area contributed by atoms with E-state index in [2.05, 4.69) is 5.32 Å². The summed E-state index contributed by atoms with van der Waals surface area (Å²) in [6.07, 6.45) is 2.60. The molecule has 0 aromatic heterocycles. The van der Waals surface area contributed by atoms with E-state index in [0.717, 1.165) is 11.1 Å². The van der Waals surface area contributed by atoms with Crippen molar-refractivity contribution in [3.8, 4) is 0 Å². The number of nitrogens with zero attached hydrogens (tertiary/aromatic N) is 1. The summed E-state index contributed by atoms with van der Waals surface area (Å²) in [4.78, 5) is 26.9. The number of benzene rings is 2. The topological polar surface area (TPSA) is 49.4 Å². The molecule has 2 aromatic carbocycles. The van der Waals surface area contributed by atoms with Gasteiger partial charge in [0.05, 0.1) is 15.0 Å². The number of hydrogen-bond donors (Lipinski definition) is 1. The lowest BCUT2D eigenvalue weighted by molar-refractivity contribution is -0.122. The van der Waals surface area contributed by atoms with Crippen LogP contribution in [0.15, 0.2) is 47.4 Å². The molecule has 29 heavy (non-hydrogen) atoms. The third kappa shape index (κ3) is 5.82. The number of hydrogen-bond acceptors (Lipinski definition) is 4. The van der Waals surface area contributed by atoms with E-state index >= 15 is 0 Å². The summed E-state index contributed by atoms with van der Waals surface area (Å²) in [6.45, 7) is 2.41. The minimum atomic E-state index is -0.163. The number of carbonyl (C=O) groups is 2. The summed E-state index contributed by atoms with van der Waals surface area (Å²) < 4.78 is 0.512. The molecule has 0 aliphatic carbocycles. The van der Waals surface area contributed by atoms with Crippen molar-refractivity contribution in [3.63, 3.8) is 0 Å². The lowest BCUT2D eigenvalue weighted by atomic mass is 10.1. The summed E-state index contributed by atoms with van der Waals surface area (Å²) in [5.74, 6) is -0.283. The molecule has 150 valence electrons. The molecule has 1 N–H and O–H groups in total. The highest BCUT2D eigenvalue weighted by molar-refractivity contribution is 8.26. The van der Waals surface area contributed by atoms with E-state index in [1.807, 2.05) is 37.3 Å². The Kier molecular flexibility index (Phi) is 7.35. The summed E-state index contributed by atoms with van der Waals surface area (Å²) in [7, 11) is 0. The predicted molar refractivity (Wildman–Crippen MR) is 125 cm³/mol. The van der Waals surface area contributed by atoms with Gasteiger partial charge >= 0.3 is 0 Å². The number of halogens is 2. The van der Waals surface area contributed by atoms with Crippen LogP contribution in [0.3, 0.4) is 0 Å². The molecule has 8 heteroatoms. The van der Waals surface area contributed by atoms with Crippen molar-refractivity contribution in [2.75, 3.05) is 11.9 Å². The molecule has 1 heterocycles. The maximum absolute atomic E-state index is 12.6. The molecule has 1 fully saturated rings. The van der Waals surface area contributed by atoms with Gasteiger partial charge in [-0.3, -0.25) is 14.5 Å². The molecule has 0 atom stereocenters. The zero-order valence-electron chi connectivity index (χ0n) is 15.6. The average Bonchev–Trinajstić information content (AvgIpc) is 2.94. The third-order valence-electron chi connectivity index (χ3n) is 4.24. The zero-order valence-corrected chi connectivity index (χ0v) is 18.7. The summed E-state index contributed by atoms with van der Waals surface area (Å²) in [6, 6.07) is 12.8. The number of amides is 2. The molecule has 2 amide bonds. The first-order valence-corrected chi connectivity index (χ1v) is 10.9. The number of aryl methyl sites for hydroxylation is 1. The number of rotatable bonds is 6. The predicted octanol–water partition coefficient (Wildman–Crippen LogP) is 5.92. The fraction of sp³-hybridized carbons (Fsp3) is 0.190. The molecule has 1 aliphatic heterocycles. The van der Waals surface area contributed by atoms with Gasteiger partial charge in [-0.05, 0) is 43.2 Å². The van der Waals surface area contributed by atoms with Crippen LogP contribution in [0.1, 0.15) is 24.0 Å². The highest BCUT2D eigenvalue weighted by Crippen LogP contribution is 2.32. The number of carbonyl (C=O) groups excluding carboxylic acids is 2. The second-order valence-corrected chi connectivity index (χ2v) is 9.01. The molecule has 0 saturated carbocycles. The van der Waals surface area contributed by atoms with Crippen LogP contribution >= 0.6 is 47.2 Å². The van der Waals surface area contributed by atoms with Crippen molar-refractivity contribution >= 4 is 75.1 Å². The van der Waals surface area contributed by atoms with Crippen molar-refractivity contribution in [2.24, 2.45) is 0 Å². The third-order valence-corrected chi connectivity index (χ3v) is 6.35. The van der Waals surface area contributed by atoms with Crippen LogP contribution < -0.4 is 5.32 Å². The SMILES string of the molecule is Cc1ccc(/C=C2\SC(=S)N(CCCC(=O)Nc3ccc(Cl)c(Cl)c3)C2=O)cc1. The van der Waals surface area contributed by atoms with Gasteiger partial charge in [-0.1, -0.05) is 77.0 Å². The van der Waals surface area contributed by atoms with E-state index < -0.39 is 0 Å². The lowest BCUT2D eigenvalue weighted by Gasteiger charge is -2.14. The minimum Gasteiger partial charge on any atom is -0.326 e. The average molecular weight is 465 g/mol. The standard InChI is InChI=1S/C21H18Cl2N2O2S2/c1-13-4-6-14(7-5-13)11-18-20(27)25(21(28)29-18)10-2-3-19(26)24-15-8-9-16(22)17(23)12-15/h4-9,11-12H,2-3,10H2,1H3,(H,24,26)/b18-11-. The number of anilines is 1. The first-order valence-electron chi connectivity index (χ1n) is 8.90. The first kappa shape index (κ1) is 21.8. The Morgan fingerprint density at radius 1 is 1.17 bits per heavy atom. The molecule has 3 rings (SSSR count). The molecule has 2 aromatic rings. The minimum absolute atomic E-state index is 0.120. The smallest absolute Gasteiger partial charge is 0.266 e. The molecule has 1 saturated heterocycles. The van der Waals surface area contributed by atoms with Gasteiger partial charge in [-0.25, -0.2) is 0 Å². The Morgan fingerprint density at radius 3 is 2.59 bits per heavy atom. The summed E-state index contributed by atoms with van der Waals surface area (Å²) >= 11 is 18.4. The Balaban J connectivity index is 1.53. The monoisotopic (exact) mass is 464 g/mol. The van der Waals surface area contributed by atoms with Gasteiger partial charge in [-0.2, -0.15) is 0 Å². The van der Waals surface area contributed by atoms with Crippen LogP contribution in [0.2, 0.25) is 10.0 Å². The molecular weight excluding hydrogens is 447 g/mol. The molecule has 0 bridgehead atoms.